The molecular formula is C24H31N3O4S2. The fourth-order valence-corrected chi connectivity index (χ4v) is 7.16. The first-order valence-electron chi connectivity index (χ1n) is 11.2. The molecule has 2 aromatic carbocycles. The number of carbonyl (C=O) groups is 1. The van der Waals surface area contributed by atoms with E-state index in [0.29, 0.717) is 17.9 Å². The number of amides is 1. The number of carbonyl (C=O) groups excluding carboxylic acids is 1. The van der Waals surface area contributed by atoms with E-state index >= 15 is 0 Å². The van der Waals surface area contributed by atoms with Gasteiger partial charge in [0.2, 0.25) is 15.9 Å². The lowest BCUT2D eigenvalue weighted by Crippen LogP contribution is -2.46. The van der Waals surface area contributed by atoms with Gasteiger partial charge in [-0.15, -0.1) is 11.8 Å². The SMILES string of the molecule is COc1ccccc1CN(C1CCN(C)CC1)S(=O)(=O)c1ccc2c(c1)NC(=O)C[C@@H](C)S2. The zero-order valence-corrected chi connectivity index (χ0v) is 20.9. The van der Waals surface area contributed by atoms with E-state index in [4.69, 9.17) is 4.74 Å². The van der Waals surface area contributed by atoms with Crippen molar-refractivity contribution >= 4 is 33.4 Å². The summed E-state index contributed by atoms with van der Waals surface area (Å²) in [6, 6.07) is 12.5. The number of anilines is 1. The van der Waals surface area contributed by atoms with Crippen molar-refractivity contribution in [2.45, 2.75) is 53.8 Å². The predicted molar refractivity (Wildman–Crippen MR) is 131 cm³/mol. The van der Waals surface area contributed by atoms with Crippen molar-refractivity contribution in [1.82, 2.24) is 9.21 Å². The van der Waals surface area contributed by atoms with Crippen LogP contribution < -0.4 is 10.1 Å². The van der Waals surface area contributed by atoms with Crippen molar-refractivity contribution < 1.29 is 17.9 Å². The van der Waals surface area contributed by atoms with Crippen molar-refractivity contribution in [2.24, 2.45) is 0 Å². The van der Waals surface area contributed by atoms with Gasteiger partial charge in [0, 0.05) is 34.7 Å². The van der Waals surface area contributed by atoms with Gasteiger partial charge in [-0.25, -0.2) is 8.42 Å². The van der Waals surface area contributed by atoms with Crippen LogP contribution in [0.5, 0.6) is 5.75 Å². The Labute approximate surface area is 200 Å². The fraction of sp³-hybridized carbons (Fsp3) is 0.458. The molecule has 0 unspecified atom stereocenters. The molecule has 4 rings (SSSR count). The zero-order chi connectivity index (χ0) is 23.6. The van der Waals surface area contributed by atoms with Crippen LogP contribution in [0, 0.1) is 0 Å². The molecule has 2 aliphatic heterocycles. The Kier molecular flexibility index (Phi) is 7.33. The molecular weight excluding hydrogens is 458 g/mol. The Bertz CT molecular complexity index is 1110. The average Bonchev–Trinajstić information content (AvgIpc) is 2.93. The van der Waals surface area contributed by atoms with Crippen LogP contribution in [0.2, 0.25) is 0 Å². The monoisotopic (exact) mass is 489 g/mol. The summed E-state index contributed by atoms with van der Waals surface area (Å²) in [4.78, 5) is 15.6. The molecule has 1 fully saturated rings. The summed E-state index contributed by atoms with van der Waals surface area (Å²) in [7, 11) is -0.162. The van der Waals surface area contributed by atoms with Crippen molar-refractivity contribution in [2.75, 3.05) is 32.6 Å². The number of thioether (sulfide) groups is 1. The van der Waals surface area contributed by atoms with Crippen LogP contribution in [0.4, 0.5) is 5.69 Å². The smallest absolute Gasteiger partial charge is 0.243 e. The molecule has 9 heteroatoms. The molecule has 0 bridgehead atoms. The van der Waals surface area contributed by atoms with Crippen molar-refractivity contribution in [3.63, 3.8) is 0 Å². The van der Waals surface area contributed by atoms with E-state index in [9.17, 15) is 13.2 Å². The summed E-state index contributed by atoms with van der Waals surface area (Å²) in [5, 5.41) is 3.02. The number of hydrogen-bond donors (Lipinski definition) is 1. The topological polar surface area (TPSA) is 79.0 Å². The standard InChI is InChI=1S/C24H31N3O4S2/c1-17-14-24(28)25-21-15-20(8-9-23(21)32-17)33(29,30)27(19-10-12-26(2)13-11-19)16-18-6-4-5-7-22(18)31-3/h4-9,15,17,19H,10-14,16H2,1-3H3,(H,25,28)/t17-/m1/s1. The zero-order valence-electron chi connectivity index (χ0n) is 19.3. The lowest BCUT2D eigenvalue weighted by atomic mass is 10.0. The van der Waals surface area contributed by atoms with Gasteiger partial charge in [-0.2, -0.15) is 4.31 Å². The van der Waals surface area contributed by atoms with Gasteiger partial charge in [-0.05, 0) is 57.2 Å². The summed E-state index contributed by atoms with van der Waals surface area (Å²) in [6.07, 6.45) is 1.93. The number of piperidine rings is 1. The highest BCUT2D eigenvalue weighted by molar-refractivity contribution is 8.00. The minimum absolute atomic E-state index is 0.0931. The van der Waals surface area contributed by atoms with Crippen molar-refractivity contribution in [1.29, 1.82) is 0 Å². The summed E-state index contributed by atoms with van der Waals surface area (Å²) < 4.78 is 35.1. The number of nitrogens with zero attached hydrogens (tertiary/aromatic N) is 2. The highest BCUT2D eigenvalue weighted by atomic mass is 32.2. The van der Waals surface area contributed by atoms with Gasteiger partial charge in [0.15, 0.2) is 0 Å². The number of rotatable bonds is 6. The summed E-state index contributed by atoms with van der Waals surface area (Å²) >= 11 is 1.59. The van der Waals surface area contributed by atoms with Crippen LogP contribution >= 0.6 is 11.8 Å². The quantitative estimate of drug-likeness (QED) is 0.665. The number of fused-ring (bicyclic) bond motifs is 1. The molecule has 1 amide bonds. The number of likely N-dealkylation sites (tertiary alicyclic amines) is 1. The highest BCUT2D eigenvalue weighted by Crippen LogP contribution is 2.37. The van der Waals surface area contributed by atoms with Crippen LogP contribution in [0.15, 0.2) is 52.3 Å². The van der Waals surface area contributed by atoms with Crippen LogP contribution in [0.1, 0.15) is 31.7 Å². The number of benzene rings is 2. The lowest BCUT2D eigenvalue weighted by Gasteiger charge is -2.36. The lowest BCUT2D eigenvalue weighted by molar-refractivity contribution is -0.116. The summed E-state index contributed by atoms with van der Waals surface area (Å²) in [6.45, 7) is 3.92. The minimum Gasteiger partial charge on any atom is -0.496 e. The molecule has 2 heterocycles. The van der Waals surface area contributed by atoms with Crippen LogP contribution in [0.3, 0.4) is 0 Å². The molecule has 0 aromatic heterocycles. The number of ether oxygens (including phenoxy) is 1. The van der Waals surface area contributed by atoms with E-state index in [-0.39, 0.29) is 28.6 Å². The van der Waals surface area contributed by atoms with Gasteiger partial charge in [-0.1, -0.05) is 25.1 Å². The maximum absolute atomic E-state index is 14.0. The second-order valence-electron chi connectivity index (χ2n) is 8.74. The molecule has 2 aliphatic rings. The Morgan fingerprint density at radius 1 is 1.18 bits per heavy atom. The third kappa shape index (κ3) is 5.37. The van der Waals surface area contributed by atoms with E-state index in [1.54, 1.807) is 35.3 Å². The van der Waals surface area contributed by atoms with Gasteiger partial charge >= 0.3 is 0 Å². The second kappa shape index (κ2) is 10.0. The summed E-state index contributed by atoms with van der Waals surface area (Å²) in [5.41, 5.74) is 1.39. The normalized spacial score (nSPS) is 20.2. The maximum Gasteiger partial charge on any atom is 0.243 e. The Morgan fingerprint density at radius 2 is 1.91 bits per heavy atom. The van der Waals surface area contributed by atoms with Gasteiger partial charge in [0.25, 0.3) is 0 Å². The van der Waals surface area contributed by atoms with Crippen LogP contribution in [0.25, 0.3) is 0 Å². The fourth-order valence-electron chi connectivity index (χ4n) is 4.42. The first-order chi connectivity index (χ1) is 15.8. The molecule has 178 valence electrons. The third-order valence-corrected chi connectivity index (χ3v) is 9.32. The van der Waals surface area contributed by atoms with Crippen molar-refractivity contribution in [3.8, 4) is 5.75 Å². The Balaban J connectivity index is 1.72. The van der Waals surface area contributed by atoms with Gasteiger partial charge < -0.3 is 15.0 Å². The van der Waals surface area contributed by atoms with Gasteiger partial charge in [0.1, 0.15) is 5.75 Å². The molecule has 7 nitrogen and oxygen atoms in total. The maximum atomic E-state index is 14.0. The molecule has 0 radical (unpaired) electrons. The number of hydrogen-bond acceptors (Lipinski definition) is 6. The molecule has 0 spiro atoms. The molecule has 0 saturated carbocycles. The highest BCUT2D eigenvalue weighted by Gasteiger charge is 2.34. The predicted octanol–water partition coefficient (Wildman–Crippen LogP) is 3.80. The molecule has 1 N–H and O–H groups in total. The van der Waals surface area contributed by atoms with Crippen LogP contribution in [-0.4, -0.2) is 62.1 Å². The van der Waals surface area contributed by atoms with Crippen molar-refractivity contribution in [3.05, 3.63) is 48.0 Å². The number of methoxy groups -OCH3 is 1. The van der Waals surface area contributed by atoms with E-state index in [2.05, 4.69) is 17.3 Å². The molecule has 33 heavy (non-hydrogen) atoms. The second-order valence-corrected chi connectivity index (χ2v) is 12.1. The Hall–Kier alpha value is -2.07. The largest absolute Gasteiger partial charge is 0.496 e. The molecule has 2 aromatic rings. The first kappa shape index (κ1) is 24.1. The van der Waals surface area contributed by atoms with E-state index < -0.39 is 10.0 Å². The van der Waals surface area contributed by atoms with E-state index in [1.165, 1.54) is 0 Å². The molecule has 1 atom stereocenters. The van der Waals surface area contributed by atoms with E-state index in [1.807, 2.05) is 37.3 Å². The van der Waals surface area contributed by atoms with Gasteiger partial charge in [-0.3, -0.25) is 4.79 Å². The molecule has 1 saturated heterocycles. The van der Waals surface area contributed by atoms with Crippen LogP contribution in [-0.2, 0) is 21.4 Å². The van der Waals surface area contributed by atoms with Gasteiger partial charge in [0.05, 0.1) is 17.7 Å². The first-order valence-corrected chi connectivity index (χ1v) is 13.5. The summed E-state index contributed by atoms with van der Waals surface area (Å²) in [5.74, 6) is 0.578. The number of nitrogens with one attached hydrogen (secondary N) is 1. The van der Waals surface area contributed by atoms with E-state index in [0.717, 1.165) is 36.4 Å². The minimum atomic E-state index is -3.82. The number of para-hydroxylation sites is 1. The number of sulfonamides is 1. The third-order valence-electron chi connectivity index (χ3n) is 6.25. The Morgan fingerprint density at radius 3 is 2.64 bits per heavy atom. The average molecular weight is 490 g/mol. The molecule has 0 aliphatic carbocycles.